The van der Waals surface area contributed by atoms with Gasteiger partial charge in [-0.15, -0.1) is 0 Å². The van der Waals surface area contributed by atoms with E-state index >= 15 is 0 Å². The van der Waals surface area contributed by atoms with Crippen LogP contribution in [0.4, 0.5) is 4.39 Å². The fourth-order valence-electron chi connectivity index (χ4n) is 2.43. The summed E-state index contributed by atoms with van der Waals surface area (Å²) < 4.78 is 18.3. The minimum absolute atomic E-state index is 0.240. The first kappa shape index (κ1) is 13.6. The highest BCUT2D eigenvalue weighted by Gasteiger charge is 2.24. The number of rotatable bonds is 2. The number of benzene rings is 1. The molecule has 2 heterocycles. The largest absolute Gasteiger partial charge is 0.464 e. The van der Waals surface area contributed by atoms with Crippen molar-refractivity contribution in [2.45, 2.75) is 20.0 Å². The average molecular weight is 287 g/mol. The zero-order valence-electron chi connectivity index (χ0n) is 11.7. The number of aryl methyl sites for hydroxylation is 1. The molecule has 108 valence electrons. The first-order valence-corrected chi connectivity index (χ1v) is 6.55. The quantitative estimate of drug-likeness (QED) is 0.856. The zero-order valence-corrected chi connectivity index (χ0v) is 11.7. The van der Waals surface area contributed by atoms with Crippen LogP contribution < -0.4 is 5.32 Å². The Kier molecular flexibility index (Phi) is 3.39. The number of halogens is 1. The van der Waals surface area contributed by atoms with Crippen molar-refractivity contribution in [3.05, 3.63) is 46.5 Å². The SMILES string of the molecule is COC(=O)c1nc(-c2cc(C)cc(F)c2)nc2c1CNC2. The van der Waals surface area contributed by atoms with Crippen molar-refractivity contribution in [3.8, 4) is 11.4 Å². The molecule has 1 N–H and O–H groups in total. The summed E-state index contributed by atoms with van der Waals surface area (Å²) in [7, 11) is 1.31. The molecule has 1 aromatic carbocycles. The fraction of sp³-hybridized carbons (Fsp3) is 0.267. The van der Waals surface area contributed by atoms with Crippen LogP contribution in [0.25, 0.3) is 11.4 Å². The maximum absolute atomic E-state index is 13.6. The Labute approximate surface area is 121 Å². The van der Waals surface area contributed by atoms with Crippen LogP contribution in [-0.2, 0) is 17.8 Å². The normalized spacial score (nSPS) is 13.1. The maximum Gasteiger partial charge on any atom is 0.357 e. The number of carbonyl (C=O) groups is 1. The summed E-state index contributed by atoms with van der Waals surface area (Å²) in [5, 5.41) is 3.12. The highest BCUT2D eigenvalue weighted by Crippen LogP contribution is 2.24. The summed E-state index contributed by atoms with van der Waals surface area (Å²) in [6.07, 6.45) is 0. The minimum Gasteiger partial charge on any atom is -0.464 e. The lowest BCUT2D eigenvalue weighted by atomic mass is 10.1. The van der Waals surface area contributed by atoms with Crippen molar-refractivity contribution in [1.29, 1.82) is 0 Å². The third-order valence-corrected chi connectivity index (χ3v) is 3.37. The van der Waals surface area contributed by atoms with Crippen molar-refractivity contribution < 1.29 is 13.9 Å². The predicted molar refractivity (Wildman–Crippen MR) is 74.0 cm³/mol. The first-order valence-electron chi connectivity index (χ1n) is 6.55. The lowest BCUT2D eigenvalue weighted by molar-refractivity contribution is 0.0592. The van der Waals surface area contributed by atoms with Gasteiger partial charge in [0.05, 0.1) is 12.8 Å². The summed E-state index contributed by atoms with van der Waals surface area (Å²) in [5.74, 6) is -0.529. The number of nitrogens with one attached hydrogen (secondary N) is 1. The van der Waals surface area contributed by atoms with Crippen LogP contribution in [-0.4, -0.2) is 23.0 Å². The van der Waals surface area contributed by atoms with E-state index in [0.717, 1.165) is 16.8 Å². The molecule has 0 aliphatic carbocycles. The van der Waals surface area contributed by atoms with Crippen LogP contribution >= 0.6 is 0 Å². The van der Waals surface area contributed by atoms with Crippen molar-refractivity contribution in [2.75, 3.05) is 7.11 Å². The van der Waals surface area contributed by atoms with E-state index in [0.29, 0.717) is 24.5 Å². The van der Waals surface area contributed by atoms with Gasteiger partial charge in [0.1, 0.15) is 5.82 Å². The lowest BCUT2D eigenvalue weighted by Gasteiger charge is -2.09. The third-order valence-electron chi connectivity index (χ3n) is 3.37. The van der Waals surface area contributed by atoms with Gasteiger partial charge in [-0.05, 0) is 30.7 Å². The van der Waals surface area contributed by atoms with Gasteiger partial charge in [-0.1, -0.05) is 0 Å². The minimum atomic E-state index is -0.508. The molecule has 0 radical (unpaired) electrons. The zero-order chi connectivity index (χ0) is 15.0. The topological polar surface area (TPSA) is 64.1 Å². The Morgan fingerprint density at radius 2 is 2.10 bits per heavy atom. The predicted octanol–water partition coefficient (Wildman–Crippen LogP) is 1.98. The summed E-state index contributed by atoms with van der Waals surface area (Å²) in [6.45, 7) is 2.88. The van der Waals surface area contributed by atoms with E-state index in [1.807, 2.05) is 0 Å². The van der Waals surface area contributed by atoms with Crippen LogP contribution in [0.3, 0.4) is 0 Å². The van der Waals surface area contributed by atoms with Gasteiger partial charge in [-0.25, -0.2) is 19.2 Å². The molecule has 2 aromatic rings. The number of hydrogen-bond donors (Lipinski definition) is 1. The number of hydrogen-bond acceptors (Lipinski definition) is 5. The van der Waals surface area contributed by atoms with Crippen molar-refractivity contribution in [2.24, 2.45) is 0 Å². The molecule has 0 bridgehead atoms. The molecule has 3 rings (SSSR count). The lowest BCUT2D eigenvalue weighted by Crippen LogP contribution is -2.11. The molecule has 1 aromatic heterocycles. The molecule has 0 unspecified atom stereocenters. The number of nitrogens with zero attached hydrogens (tertiary/aromatic N) is 2. The molecule has 21 heavy (non-hydrogen) atoms. The second kappa shape index (κ2) is 5.21. The third kappa shape index (κ3) is 2.50. The van der Waals surface area contributed by atoms with Gasteiger partial charge in [0.25, 0.3) is 0 Å². The van der Waals surface area contributed by atoms with Gasteiger partial charge in [0, 0.05) is 24.2 Å². The number of fused-ring (bicyclic) bond motifs is 1. The van der Waals surface area contributed by atoms with E-state index in [1.54, 1.807) is 13.0 Å². The van der Waals surface area contributed by atoms with Crippen LogP contribution in [0, 0.1) is 12.7 Å². The molecular formula is C15H14FN3O2. The van der Waals surface area contributed by atoms with Gasteiger partial charge in [0.2, 0.25) is 0 Å². The standard InChI is InChI=1S/C15H14FN3O2/c1-8-3-9(5-10(16)4-8)14-18-12-7-17-6-11(12)13(19-14)15(20)21-2/h3-5,17H,6-7H2,1-2H3. The van der Waals surface area contributed by atoms with Crippen LogP contribution in [0.1, 0.15) is 27.3 Å². The van der Waals surface area contributed by atoms with Gasteiger partial charge in [0.15, 0.2) is 11.5 Å². The Bertz CT molecular complexity index is 711. The Hall–Kier alpha value is -2.34. The highest BCUT2D eigenvalue weighted by molar-refractivity contribution is 5.89. The molecule has 0 saturated heterocycles. The molecule has 5 nitrogen and oxygen atoms in total. The molecule has 0 fully saturated rings. The number of carbonyl (C=O) groups excluding carboxylic acids is 1. The van der Waals surface area contributed by atoms with E-state index < -0.39 is 5.97 Å². The van der Waals surface area contributed by atoms with Crippen LogP contribution in [0.15, 0.2) is 18.2 Å². The number of esters is 1. The average Bonchev–Trinajstić information content (AvgIpc) is 2.92. The van der Waals surface area contributed by atoms with Crippen molar-refractivity contribution in [1.82, 2.24) is 15.3 Å². The van der Waals surface area contributed by atoms with Crippen LogP contribution in [0.2, 0.25) is 0 Å². The second-order valence-corrected chi connectivity index (χ2v) is 4.93. The molecule has 1 aliphatic rings. The van der Waals surface area contributed by atoms with E-state index in [2.05, 4.69) is 15.3 Å². The Morgan fingerprint density at radius 1 is 1.29 bits per heavy atom. The van der Waals surface area contributed by atoms with Gasteiger partial charge >= 0.3 is 5.97 Å². The summed E-state index contributed by atoms with van der Waals surface area (Å²) >= 11 is 0. The summed E-state index contributed by atoms with van der Waals surface area (Å²) in [6, 6.07) is 4.58. The second-order valence-electron chi connectivity index (χ2n) is 4.93. The molecule has 1 aliphatic heterocycles. The smallest absolute Gasteiger partial charge is 0.357 e. The molecule has 6 heteroatoms. The van der Waals surface area contributed by atoms with Gasteiger partial charge in [-0.2, -0.15) is 0 Å². The molecule has 0 spiro atoms. The maximum atomic E-state index is 13.6. The summed E-state index contributed by atoms with van der Waals surface area (Å²) in [4.78, 5) is 20.6. The Morgan fingerprint density at radius 3 is 2.81 bits per heavy atom. The van der Waals surface area contributed by atoms with Gasteiger partial charge in [-0.3, -0.25) is 0 Å². The molecule has 0 atom stereocenters. The fourth-order valence-corrected chi connectivity index (χ4v) is 2.43. The monoisotopic (exact) mass is 287 g/mol. The van der Waals surface area contributed by atoms with Crippen molar-refractivity contribution in [3.63, 3.8) is 0 Å². The van der Waals surface area contributed by atoms with E-state index in [4.69, 9.17) is 4.74 Å². The number of ether oxygens (including phenoxy) is 1. The number of methoxy groups -OCH3 is 1. The summed E-state index contributed by atoms with van der Waals surface area (Å²) in [5.41, 5.74) is 3.06. The molecule has 0 amide bonds. The highest BCUT2D eigenvalue weighted by atomic mass is 19.1. The van der Waals surface area contributed by atoms with Crippen LogP contribution in [0.5, 0.6) is 0 Å². The van der Waals surface area contributed by atoms with Gasteiger partial charge < -0.3 is 10.1 Å². The van der Waals surface area contributed by atoms with E-state index in [9.17, 15) is 9.18 Å². The van der Waals surface area contributed by atoms with E-state index in [1.165, 1.54) is 19.2 Å². The van der Waals surface area contributed by atoms with Crippen molar-refractivity contribution >= 4 is 5.97 Å². The van der Waals surface area contributed by atoms with E-state index in [-0.39, 0.29) is 11.5 Å². The first-order chi connectivity index (χ1) is 10.1. The molecular weight excluding hydrogens is 273 g/mol. The molecule has 0 saturated carbocycles. The number of aromatic nitrogens is 2. The Balaban J connectivity index is 2.17.